The van der Waals surface area contributed by atoms with Crippen LogP contribution in [-0.2, 0) is 11.2 Å². The molecule has 1 fully saturated rings. The number of anilines is 1. The number of nitrogens with zero attached hydrogens (tertiary/aromatic N) is 4. The second-order valence-electron chi connectivity index (χ2n) is 7.03. The minimum Gasteiger partial charge on any atom is -0.342 e. The van der Waals surface area contributed by atoms with Gasteiger partial charge in [0.15, 0.2) is 5.69 Å². The average molecular weight is 405 g/mol. The Balaban J connectivity index is 0.00000225. The largest absolute Gasteiger partial charge is 0.342 e. The predicted octanol–water partition coefficient (Wildman–Crippen LogP) is 1.33. The van der Waals surface area contributed by atoms with E-state index in [4.69, 9.17) is 0 Å². The molecule has 1 aromatic heterocycles. The van der Waals surface area contributed by atoms with Gasteiger partial charge in [-0.25, -0.2) is 4.68 Å². The molecule has 0 spiro atoms. The van der Waals surface area contributed by atoms with Crippen LogP contribution in [-0.4, -0.2) is 53.0 Å². The molecule has 2 aliphatic rings. The minimum absolute atomic E-state index is 0. The van der Waals surface area contributed by atoms with E-state index in [2.05, 4.69) is 20.9 Å². The number of halogens is 1. The van der Waals surface area contributed by atoms with Gasteiger partial charge in [0.25, 0.3) is 5.91 Å². The molecule has 2 amide bonds. The lowest BCUT2D eigenvalue weighted by Crippen LogP contribution is -2.42. The highest BCUT2D eigenvalue weighted by atomic mass is 35.5. The predicted molar refractivity (Wildman–Crippen MR) is 108 cm³/mol. The van der Waals surface area contributed by atoms with E-state index >= 15 is 0 Å². The molecule has 2 aromatic rings. The lowest BCUT2D eigenvalue weighted by atomic mass is 10.0. The van der Waals surface area contributed by atoms with Gasteiger partial charge in [0, 0.05) is 12.2 Å². The Morgan fingerprint density at radius 3 is 2.82 bits per heavy atom. The number of carbonyl (C=O) groups is 2. The zero-order chi connectivity index (χ0) is 18.6. The van der Waals surface area contributed by atoms with E-state index in [-0.39, 0.29) is 42.5 Å². The van der Waals surface area contributed by atoms with E-state index in [1.54, 1.807) is 15.8 Å². The quantitative estimate of drug-likeness (QED) is 0.802. The van der Waals surface area contributed by atoms with Crippen molar-refractivity contribution in [2.24, 2.45) is 0 Å². The van der Waals surface area contributed by atoms with Crippen molar-refractivity contribution < 1.29 is 9.59 Å². The Kier molecular flexibility index (Phi) is 6.64. The van der Waals surface area contributed by atoms with Gasteiger partial charge in [-0.2, -0.15) is 0 Å². The summed E-state index contributed by atoms with van der Waals surface area (Å²) in [4.78, 5) is 26.7. The van der Waals surface area contributed by atoms with Crippen LogP contribution in [0.15, 0.2) is 30.5 Å². The molecule has 0 atom stereocenters. The summed E-state index contributed by atoms with van der Waals surface area (Å²) in [6.07, 6.45) is 5.52. The summed E-state index contributed by atoms with van der Waals surface area (Å²) < 4.78 is 1.76. The van der Waals surface area contributed by atoms with Crippen molar-refractivity contribution in [3.63, 3.8) is 0 Å². The number of nitrogens with one attached hydrogen (secondary N) is 2. The molecule has 3 heterocycles. The Morgan fingerprint density at radius 2 is 2.00 bits per heavy atom. The maximum Gasteiger partial charge on any atom is 0.273 e. The molecule has 0 unspecified atom stereocenters. The maximum atomic E-state index is 12.6. The van der Waals surface area contributed by atoms with Gasteiger partial charge in [-0.15, -0.1) is 17.5 Å². The Morgan fingerprint density at radius 1 is 1.21 bits per heavy atom. The summed E-state index contributed by atoms with van der Waals surface area (Å²) in [7, 11) is 0. The smallest absolute Gasteiger partial charge is 0.273 e. The number of amides is 2. The summed E-state index contributed by atoms with van der Waals surface area (Å²) in [6.45, 7) is 2.51. The van der Waals surface area contributed by atoms with Crippen molar-refractivity contribution in [3.05, 3.63) is 41.7 Å². The minimum atomic E-state index is -0.367. The second kappa shape index (κ2) is 9.16. The number of carbonyl (C=O) groups excluding carboxylic acids is 2. The van der Waals surface area contributed by atoms with Crippen LogP contribution in [0.3, 0.4) is 0 Å². The van der Waals surface area contributed by atoms with E-state index < -0.39 is 0 Å². The van der Waals surface area contributed by atoms with Crippen molar-refractivity contribution in [3.8, 4) is 0 Å². The van der Waals surface area contributed by atoms with Crippen molar-refractivity contribution in [1.29, 1.82) is 0 Å². The fraction of sp³-hybridized carbons (Fsp3) is 0.474. The van der Waals surface area contributed by atoms with Crippen molar-refractivity contribution in [2.75, 3.05) is 31.1 Å². The first-order valence-corrected chi connectivity index (χ1v) is 9.51. The summed E-state index contributed by atoms with van der Waals surface area (Å²) in [5.74, 6) is -0.477. The van der Waals surface area contributed by atoms with Gasteiger partial charge in [-0.05, 0) is 50.4 Å². The van der Waals surface area contributed by atoms with Crippen LogP contribution in [0.2, 0.25) is 0 Å². The third kappa shape index (κ3) is 4.34. The molecule has 1 saturated heterocycles. The molecule has 1 aromatic carbocycles. The molecular weight excluding hydrogens is 380 g/mol. The number of rotatable bonds is 4. The summed E-state index contributed by atoms with van der Waals surface area (Å²) in [6, 6.07) is 8.19. The molecule has 2 aliphatic heterocycles. The number of hydrogen-bond donors (Lipinski definition) is 2. The van der Waals surface area contributed by atoms with E-state index in [0.717, 1.165) is 44.5 Å². The normalized spacial score (nSPS) is 16.8. The van der Waals surface area contributed by atoms with Crippen LogP contribution in [0.1, 0.15) is 41.4 Å². The summed E-state index contributed by atoms with van der Waals surface area (Å²) in [5.41, 5.74) is 2.37. The lowest BCUT2D eigenvalue weighted by molar-refractivity contribution is -0.117. The van der Waals surface area contributed by atoms with Crippen LogP contribution >= 0.6 is 12.4 Å². The average Bonchev–Trinajstić information content (AvgIpc) is 3.22. The van der Waals surface area contributed by atoms with Crippen LogP contribution in [0, 0.1) is 0 Å². The zero-order valence-electron chi connectivity index (χ0n) is 15.6. The molecule has 0 bridgehead atoms. The molecule has 28 heavy (non-hydrogen) atoms. The molecule has 0 saturated carbocycles. The highest BCUT2D eigenvalue weighted by molar-refractivity contribution is 6.00. The van der Waals surface area contributed by atoms with Crippen LogP contribution in [0.25, 0.3) is 0 Å². The van der Waals surface area contributed by atoms with Gasteiger partial charge in [0.1, 0.15) is 0 Å². The number of aromatic nitrogens is 3. The maximum absolute atomic E-state index is 12.6. The fourth-order valence-corrected chi connectivity index (χ4v) is 3.77. The molecule has 0 aliphatic carbocycles. The fourth-order valence-electron chi connectivity index (χ4n) is 3.77. The third-order valence-electron chi connectivity index (χ3n) is 5.24. The topological polar surface area (TPSA) is 92.2 Å². The van der Waals surface area contributed by atoms with Gasteiger partial charge >= 0.3 is 0 Å². The number of fused-ring (bicyclic) bond motifs is 1. The highest BCUT2D eigenvalue weighted by Gasteiger charge is 2.23. The first kappa shape index (κ1) is 20.3. The van der Waals surface area contributed by atoms with Crippen LogP contribution in [0.5, 0.6) is 0 Å². The first-order valence-electron chi connectivity index (χ1n) is 9.51. The van der Waals surface area contributed by atoms with Gasteiger partial charge in [0.05, 0.1) is 18.8 Å². The monoisotopic (exact) mass is 404 g/mol. The number of para-hydroxylation sites is 1. The number of hydrogen-bond acceptors (Lipinski definition) is 5. The van der Waals surface area contributed by atoms with Gasteiger partial charge in [-0.3, -0.25) is 9.59 Å². The molecule has 0 radical (unpaired) electrons. The third-order valence-corrected chi connectivity index (χ3v) is 5.24. The van der Waals surface area contributed by atoms with Crippen LogP contribution in [0.4, 0.5) is 5.69 Å². The number of piperidine rings is 1. The van der Waals surface area contributed by atoms with Gasteiger partial charge in [-0.1, -0.05) is 23.4 Å². The Bertz CT molecular complexity index is 833. The first-order chi connectivity index (χ1) is 13.2. The van der Waals surface area contributed by atoms with Gasteiger partial charge < -0.3 is 15.5 Å². The summed E-state index contributed by atoms with van der Waals surface area (Å²) in [5, 5.41) is 14.1. The number of aryl methyl sites for hydroxylation is 1. The van der Waals surface area contributed by atoms with Gasteiger partial charge in [0.2, 0.25) is 5.91 Å². The van der Waals surface area contributed by atoms with Crippen LogP contribution < -0.4 is 15.5 Å². The Hall–Kier alpha value is -2.45. The lowest BCUT2D eigenvalue weighted by Gasteiger charge is -2.29. The molecule has 150 valence electrons. The molecule has 2 N–H and O–H groups in total. The number of benzene rings is 1. The highest BCUT2D eigenvalue weighted by Crippen LogP contribution is 2.26. The SMILES string of the molecule is Cl.O=C(NCC(=O)N1CCCc2ccccc21)c1cn(C2CCNCC2)nn1. The van der Waals surface area contributed by atoms with E-state index in [1.807, 2.05) is 24.3 Å². The molecule has 4 rings (SSSR count). The molecular formula is C19H25ClN6O2. The van der Waals surface area contributed by atoms with Crippen molar-refractivity contribution in [1.82, 2.24) is 25.6 Å². The zero-order valence-corrected chi connectivity index (χ0v) is 16.5. The standard InChI is InChI=1S/C19H24N6O2.ClH/c26-18(24-11-3-5-14-4-1-2-6-17(14)24)12-21-19(27)16-13-25(23-22-16)15-7-9-20-10-8-15;/h1-2,4,6,13,15,20H,3,5,7-12H2,(H,21,27);1H. The Labute approximate surface area is 170 Å². The second-order valence-corrected chi connectivity index (χ2v) is 7.03. The molecule has 8 nitrogen and oxygen atoms in total. The van der Waals surface area contributed by atoms with E-state index in [1.165, 1.54) is 5.56 Å². The van der Waals surface area contributed by atoms with E-state index in [0.29, 0.717) is 6.54 Å². The van der Waals surface area contributed by atoms with Crippen molar-refractivity contribution >= 4 is 29.9 Å². The summed E-state index contributed by atoms with van der Waals surface area (Å²) >= 11 is 0. The van der Waals surface area contributed by atoms with E-state index in [9.17, 15) is 9.59 Å². The molecule has 9 heteroatoms. The van der Waals surface area contributed by atoms with Crippen molar-refractivity contribution in [2.45, 2.75) is 31.7 Å².